The van der Waals surface area contributed by atoms with E-state index in [1.54, 1.807) is 13.4 Å². The van der Waals surface area contributed by atoms with Crippen LogP contribution in [0.15, 0.2) is 35.6 Å². The number of halogens is 1. The first kappa shape index (κ1) is 24.0. The van der Waals surface area contributed by atoms with E-state index in [1.807, 2.05) is 42.8 Å². The van der Waals surface area contributed by atoms with Crippen molar-refractivity contribution < 1.29 is 4.74 Å². The van der Waals surface area contributed by atoms with Crippen LogP contribution in [0.2, 0.25) is 0 Å². The topological polar surface area (TPSA) is 109 Å². The molecule has 2 N–H and O–H groups in total. The molecule has 172 valence electrons. The van der Waals surface area contributed by atoms with Crippen LogP contribution >= 0.6 is 24.0 Å². The average Bonchev–Trinajstić information content (AvgIpc) is 3.46. The van der Waals surface area contributed by atoms with Gasteiger partial charge in [-0.3, -0.25) is 5.10 Å². The molecule has 0 radical (unpaired) electrons. The normalized spacial score (nSPS) is 14.8. The van der Waals surface area contributed by atoms with E-state index in [4.69, 9.17) is 9.73 Å². The molecule has 0 atom stereocenters. The lowest BCUT2D eigenvalue weighted by molar-refractivity contribution is 0.298. The summed E-state index contributed by atoms with van der Waals surface area (Å²) in [7, 11) is 3.65. The van der Waals surface area contributed by atoms with E-state index in [9.17, 15) is 0 Å². The molecule has 0 saturated carbocycles. The maximum Gasteiger partial charge on any atom is 0.194 e. The minimum Gasteiger partial charge on any atom is -0.497 e. The Labute approximate surface area is 204 Å². The zero-order valence-electron chi connectivity index (χ0n) is 18.7. The second-order valence-corrected chi connectivity index (χ2v) is 7.70. The smallest absolute Gasteiger partial charge is 0.194 e. The van der Waals surface area contributed by atoms with Crippen molar-refractivity contribution in [2.45, 2.75) is 38.8 Å². The van der Waals surface area contributed by atoms with Crippen molar-refractivity contribution >= 4 is 29.9 Å². The molecule has 1 aromatic carbocycles. The number of piperidine rings is 1. The number of guanidine groups is 1. The number of likely N-dealkylation sites (tertiary alicyclic amines) is 1. The van der Waals surface area contributed by atoms with E-state index in [2.05, 4.69) is 35.6 Å². The van der Waals surface area contributed by atoms with Crippen LogP contribution in [0, 0.1) is 6.92 Å². The number of benzene rings is 1. The van der Waals surface area contributed by atoms with Gasteiger partial charge in [-0.05, 0) is 37.5 Å². The molecule has 1 aliphatic rings. The molecular formula is C21H30IN9O. The summed E-state index contributed by atoms with van der Waals surface area (Å²) in [6.45, 7) is 4.91. The number of hydrogen-bond donors (Lipinski definition) is 2. The molecule has 32 heavy (non-hydrogen) atoms. The Morgan fingerprint density at radius 3 is 2.56 bits per heavy atom. The van der Waals surface area contributed by atoms with Gasteiger partial charge >= 0.3 is 0 Å². The lowest BCUT2D eigenvalue weighted by Crippen LogP contribution is -2.45. The highest BCUT2D eigenvalue weighted by atomic mass is 127. The van der Waals surface area contributed by atoms with Gasteiger partial charge in [-0.15, -0.1) is 34.2 Å². The van der Waals surface area contributed by atoms with Crippen LogP contribution in [0.3, 0.4) is 0 Å². The maximum atomic E-state index is 5.25. The summed E-state index contributed by atoms with van der Waals surface area (Å²) in [5.74, 6) is 4.88. The van der Waals surface area contributed by atoms with E-state index >= 15 is 0 Å². The fourth-order valence-corrected chi connectivity index (χ4v) is 3.70. The molecule has 1 fully saturated rings. The highest BCUT2D eigenvalue weighted by molar-refractivity contribution is 14.0. The second kappa shape index (κ2) is 11.2. The summed E-state index contributed by atoms with van der Waals surface area (Å²) >= 11 is 0. The number of methoxy groups -OCH3 is 1. The van der Waals surface area contributed by atoms with Gasteiger partial charge in [0.2, 0.25) is 0 Å². The molecule has 3 heterocycles. The Balaban J connectivity index is 0.00000289. The van der Waals surface area contributed by atoms with Gasteiger partial charge in [-0.1, -0.05) is 12.1 Å². The summed E-state index contributed by atoms with van der Waals surface area (Å²) in [6.07, 6.45) is 3.58. The largest absolute Gasteiger partial charge is 0.497 e. The van der Waals surface area contributed by atoms with Crippen LogP contribution in [-0.2, 0) is 20.1 Å². The molecule has 2 aromatic heterocycles. The number of rotatable bonds is 6. The predicted octanol–water partition coefficient (Wildman–Crippen LogP) is 2.39. The lowest BCUT2D eigenvalue weighted by atomic mass is 9.96. The van der Waals surface area contributed by atoms with Crippen LogP contribution in [0.5, 0.6) is 5.75 Å². The molecule has 3 aromatic rings. The van der Waals surface area contributed by atoms with Gasteiger partial charge in [0.1, 0.15) is 23.7 Å². The van der Waals surface area contributed by atoms with Crippen LogP contribution in [0.4, 0.5) is 0 Å². The molecule has 1 saturated heterocycles. The Kier molecular flexibility index (Phi) is 8.42. The number of aryl methyl sites for hydroxylation is 1. The minimum absolute atomic E-state index is 0. The Bertz CT molecular complexity index is 993. The minimum atomic E-state index is 0. The Morgan fingerprint density at radius 2 is 1.97 bits per heavy atom. The zero-order valence-corrected chi connectivity index (χ0v) is 21.0. The van der Waals surface area contributed by atoms with Crippen molar-refractivity contribution in [1.29, 1.82) is 0 Å². The quantitative estimate of drug-likeness (QED) is 0.275. The van der Waals surface area contributed by atoms with Crippen LogP contribution < -0.4 is 10.1 Å². The number of hydrogen-bond acceptors (Lipinski definition) is 6. The van der Waals surface area contributed by atoms with Gasteiger partial charge in [0.15, 0.2) is 11.8 Å². The van der Waals surface area contributed by atoms with Crippen molar-refractivity contribution in [3.8, 4) is 5.75 Å². The molecule has 10 nitrogen and oxygen atoms in total. The third kappa shape index (κ3) is 5.75. The van der Waals surface area contributed by atoms with Crippen molar-refractivity contribution in [2.75, 3.05) is 20.2 Å². The molecule has 0 unspecified atom stereocenters. The van der Waals surface area contributed by atoms with Crippen LogP contribution in [0.1, 0.15) is 41.8 Å². The first-order chi connectivity index (χ1) is 15.1. The fraction of sp³-hybridized carbons (Fsp3) is 0.476. The zero-order chi connectivity index (χ0) is 21.6. The summed E-state index contributed by atoms with van der Waals surface area (Å²) in [5.41, 5.74) is 1.13. The van der Waals surface area contributed by atoms with Crippen molar-refractivity contribution in [3.05, 3.63) is 53.6 Å². The van der Waals surface area contributed by atoms with Crippen molar-refractivity contribution in [3.63, 3.8) is 0 Å². The number of aromatic nitrogens is 6. The van der Waals surface area contributed by atoms with Gasteiger partial charge in [-0.2, -0.15) is 5.10 Å². The molecule has 0 amide bonds. The number of aliphatic imine (C=N–C) groups is 1. The van der Waals surface area contributed by atoms with Gasteiger partial charge < -0.3 is 19.5 Å². The summed E-state index contributed by atoms with van der Waals surface area (Å²) < 4.78 is 7.24. The second-order valence-electron chi connectivity index (χ2n) is 7.70. The number of H-pyrrole nitrogens is 1. The SMILES string of the molecule is COc1ccc(CN=C(NCc2nnc(C)n2C)N2CCC(c3ncn[nH]3)CC2)cc1.I. The number of nitrogens with one attached hydrogen (secondary N) is 2. The third-order valence-corrected chi connectivity index (χ3v) is 5.77. The first-order valence-electron chi connectivity index (χ1n) is 10.5. The molecule has 4 rings (SSSR count). The van der Waals surface area contributed by atoms with E-state index in [1.165, 1.54) is 0 Å². The number of nitrogens with zero attached hydrogens (tertiary/aromatic N) is 7. The standard InChI is InChI=1S/C21H29N9O.HI/c1-15-26-27-19(29(15)2)13-23-21(22-12-16-4-6-18(31-3)7-5-16)30-10-8-17(9-11-30)20-24-14-25-28-20;/h4-7,14,17H,8-13H2,1-3H3,(H,22,23)(H,24,25,28);1H. The highest BCUT2D eigenvalue weighted by Gasteiger charge is 2.24. The van der Waals surface area contributed by atoms with E-state index < -0.39 is 0 Å². The van der Waals surface area contributed by atoms with Crippen LogP contribution in [0.25, 0.3) is 0 Å². The molecule has 1 aliphatic heterocycles. The molecule has 0 spiro atoms. The monoisotopic (exact) mass is 551 g/mol. The lowest BCUT2D eigenvalue weighted by Gasteiger charge is -2.33. The molecule has 0 aliphatic carbocycles. The summed E-state index contributed by atoms with van der Waals surface area (Å²) in [6, 6.07) is 8.01. The Morgan fingerprint density at radius 1 is 1.22 bits per heavy atom. The van der Waals surface area contributed by atoms with E-state index in [-0.39, 0.29) is 24.0 Å². The predicted molar refractivity (Wildman–Crippen MR) is 132 cm³/mol. The van der Waals surface area contributed by atoms with Crippen molar-refractivity contribution in [2.24, 2.45) is 12.0 Å². The van der Waals surface area contributed by atoms with Crippen molar-refractivity contribution in [1.82, 2.24) is 40.2 Å². The summed E-state index contributed by atoms with van der Waals surface area (Å²) in [5, 5.41) is 18.9. The van der Waals surface area contributed by atoms with E-state index in [0.29, 0.717) is 19.0 Å². The highest BCUT2D eigenvalue weighted by Crippen LogP contribution is 2.25. The van der Waals surface area contributed by atoms with Gasteiger partial charge in [0, 0.05) is 26.1 Å². The summed E-state index contributed by atoms with van der Waals surface area (Å²) in [4.78, 5) is 11.5. The third-order valence-electron chi connectivity index (χ3n) is 5.77. The Hall–Kier alpha value is -2.70. The number of ether oxygens (including phenoxy) is 1. The molecule has 0 bridgehead atoms. The van der Waals surface area contributed by atoms with Gasteiger partial charge in [-0.25, -0.2) is 9.98 Å². The van der Waals surface area contributed by atoms with Crippen LogP contribution in [-0.4, -0.2) is 61.0 Å². The van der Waals surface area contributed by atoms with Gasteiger partial charge in [0.25, 0.3) is 0 Å². The van der Waals surface area contributed by atoms with E-state index in [0.717, 1.165) is 60.7 Å². The molecule has 11 heteroatoms. The maximum absolute atomic E-state index is 5.25. The number of aromatic amines is 1. The van der Waals surface area contributed by atoms with Gasteiger partial charge in [0.05, 0.1) is 20.2 Å². The average molecular weight is 551 g/mol. The molecular weight excluding hydrogens is 521 g/mol. The fourth-order valence-electron chi connectivity index (χ4n) is 3.70. The first-order valence-corrected chi connectivity index (χ1v) is 10.5.